The summed E-state index contributed by atoms with van der Waals surface area (Å²) in [6.07, 6.45) is 3.90. The molecule has 1 amide bonds. The summed E-state index contributed by atoms with van der Waals surface area (Å²) in [6.45, 7) is 10.2. The van der Waals surface area contributed by atoms with Crippen LogP contribution in [0.15, 0.2) is 36.7 Å². The summed E-state index contributed by atoms with van der Waals surface area (Å²) < 4.78 is 7.56. The summed E-state index contributed by atoms with van der Waals surface area (Å²) >= 11 is 0. The Bertz CT molecular complexity index is 1490. The van der Waals surface area contributed by atoms with Crippen molar-refractivity contribution in [1.82, 2.24) is 24.6 Å². The molecular weight excluding hydrogens is 466 g/mol. The Labute approximate surface area is 216 Å². The lowest BCUT2D eigenvalue weighted by Crippen LogP contribution is -2.51. The first-order valence-electron chi connectivity index (χ1n) is 12.7. The molecule has 0 spiro atoms. The number of aromatic nitrogens is 3. The molecule has 1 saturated heterocycles. The first-order chi connectivity index (χ1) is 17.9. The Morgan fingerprint density at radius 3 is 2.73 bits per heavy atom. The molecule has 9 nitrogen and oxygen atoms in total. The molecule has 1 aliphatic rings. The van der Waals surface area contributed by atoms with E-state index >= 15 is 0 Å². The monoisotopic (exact) mass is 499 g/mol. The lowest BCUT2D eigenvalue weighted by molar-refractivity contribution is -0.131. The van der Waals surface area contributed by atoms with Crippen molar-refractivity contribution >= 4 is 33.4 Å². The van der Waals surface area contributed by atoms with Gasteiger partial charge in [0.2, 0.25) is 5.91 Å². The zero-order chi connectivity index (χ0) is 26.1. The predicted molar refractivity (Wildman–Crippen MR) is 145 cm³/mol. The minimum Gasteiger partial charge on any atom is -0.496 e. The molecule has 37 heavy (non-hydrogen) atoms. The normalized spacial score (nSPS) is 14.4. The van der Waals surface area contributed by atoms with Gasteiger partial charge in [-0.05, 0) is 50.6 Å². The van der Waals surface area contributed by atoms with Gasteiger partial charge in [-0.2, -0.15) is 10.4 Å². The molecule has 1 aliphatic heterocycles. The number of rotatable bonds is 7. The van der Waals surface area contributed by atoms with Gasteiger partial charge in [0.15, 0.2) is 0 Å². The maximum absolute atomic E-state index is 12.9. The Hall–Kier alpha value is -4.03. The van der Waals surface area contributed by atoms with Gasteiger partial charge in [-0.3, -0.25) is 14.4 Å². The number of fused-ring (bicyclic) bond motifs is 2. The fourth-order valence-corrected chi connectivity index (χ4v) is 5.20. The number of nitrogens with zero attached hydrogens (tertiary/aromatic N) is 5. The second-order valence-corrected chi connectivity index (χ2v) is 9.87. The van der Waals surface area contributed by atoms with E-state index in [4.69, 9.17) is 9.84 Å². The second kappa shape index (κ2) is 10.1. The van der Waals surface area contributed by atoms with E-state index in [2.05, 4.69) is 48.1 Å². The maximum Gasteiger partial charge on any atom is 0.241 e. The molecule has 2 aromatic heterocycles. The average molecular weight is 500 g/mol. The summed E-state index contributed by atoms with van der Waals surface area (Å²) in [7, 11) is 1.68. The Kier molecular flexibility index (Phi) is 6.76. The lowest BCUT2D eigenvalue weighted by atomic mass is 10.0. The van der Waals surface area contributed by atoms with Gasteiger partial charge in [-0.15, -0.1) is 0 Å². The average Bonchev–Trinajstić information content (AvgIpc) is 3.56. The largest absolute Gasteiger partial charge is 0.496 e. The molecule has 0 saturated carbocycles. The quantitative estimate of drug-likeness (QED) is 0.402. The van der Waals surface area contributed by atoms with Gasteiger partial charge in [0.1, 0.15) is 17.3 Å². The molecule has 192 valence electrons. The van der Waals surface area contributed by atoms with E-state index in [1.54, 1.807) is 13.2 Å². The summed E-state index contributed by atoms with van der Waals surface area (Å²) in [5.74, 6) is 0.839. The van der Waals surface area contributed by atoms with Crippen molar-refractivity contribution in [3.63, 3.8) is 0 Å². The third kappa shape index (κ3) is 4.72. The molecule has 0 radical (unpaired) electrons. The first kappa shape index (κ1) is 24.7. The molecule has 0 atom stereocenters. The van der Waals surface area contributed by atoms with E-state index in [1.165, 1.54) is 0 Å². The number of nitrogens with one attached hydrogen (secondary N) is 2. The number of aryl methyl sites for hydroxylation is 1. The zero-order valence-corrected chi connectivity index (χ0v) is 21.8. The Morgan fingerprint density at radius 1 is 1.24 bits per heavy atom. The molecule has 2 aromatic carbocycles. The topological polar surface area (TPSA) is 102 Å². The molecule has 2 N–H and O–H groups in total. The molecule has 1 fully saturated rings. The van der Waals surface area contributed by atoms with E-state index in [0.29, 0.717) is 42.4 Å². The third-order valence-electron chi connectivity index (χ3n) is 7.31. The fraction of sp³-hybridized carbons (Fsp3) is 0.393. The molecule has 9 heteroatoms. The number of hydrogen-bond donors (Lipinski definition) is 2. The number of carbonyl (C=O) groups is 1. The van der Waals surface area contributed by atoms with Crippen LogP contribution in [0, 0.1) is 18.3 Å². The van der Waals surface area contributed by atoms with Crippen molar-refractivity contribution in [1.29, 1.82) is 5.26 Å². The van der Waals surface area contributed by atoms with Gasteiger partial charge < -0.3 is 19.9 Å². The standard InChI is InChI=1S/C28H33N7O2/c1-18(2)33-9-11-34(12-10-33)25(36)15-31-27-20(14-29)5-6-21-16-35(32-28(21)27)17-23-22-7-8-30-26(22)19(3)13-24(23)37-4/h5-8,13,16,18,30-31H,9-12,15,17H2,1-4H3. The van der Waals surface area contributed by atoms with Crippen LogP contribution < -0.4 is 10.1 Å². The molecule has 4 aromatic rings. The fourth-order valence-electron chi connectivity index (χ4n) is 5.20. The summed E-state index contributed by atoms with van der Waals surface area (Å²) in [5.41, 5.74) is 4.96. The highest BCUT2D eigenvalue weighted by Gasteiger charge is 2.23. The van der Waals surface area contributed by atoms with Gasteiger partial charge in [0.05, 0.1) is 31.5 Å². The number of piperazine rings is 1. The highest BCUT2D eigenvalue weighted by Crippen LogP contribution is 2.32. The number of carbonyl (C=O) groups excluding carboxylic acids is 1. The smallest absolute Gasteiger partial charge is 0.241 e. The Balaban J connectivity index is 1.39. The van der Waals surface area contributed by atoms with Gasteiger partial charge in [-0.1, -0.05) is 0 Å². The first-order valence-corrected chi connectivity index (χ1v) is 12.7. The SMILES string of the molecule is COc1cc(C)c2[nH]ccc2c1Cn1cc2ccc(C#N)c(NCC(=O)N3CCN(C(C)C)CC3)c2n1. The van der Waals surface area contributed by atoms with Gasteiger partial charge in [0.25, 0.3) is 0 Å². The van der Waals surface area contributed by atoms with Crippen LogP contribution in [0.1, 0.15) is 30.5 Å². The molecule has 3 heterocycles. The van der Waals surface area contributed by atoms with Crippen molar-refractivity contribution in [2.75, 3.05) is 45.2 Å². The van der Waals surface area contributed by atoms with Gasteiger partial charge in [0, 0.05) is 66.5 Å². The number of aromatic amines is 1. The molecule has 0 aliphatic carbocycles. The van der Waals surface area contributed by atoms with E-state index in [-0.39, 0.29) is 12.5 Å². The van der Waals surface area contributed by atoms with Crippen molar-refractivity contribution in [3.8, 4) is 11.8 Å². The Morgan fingerprint density at radius 2 is 2.03 bits per heavy atom. The zero-order valence-electron chi connectivity index (χ0n) is 21.8. The molecule has 0 unspecified atom stereocenters. The number of benzene rings is 2. The number of H-pyrrole nitrogens is 1. The van der Waals surface area contributed by atoms with Crippen molar-refractivity contribution in [2.24, 2.45) is 0 Å². The molecule has 5 rings (SSSR count). The van der Waals surface area contributed by atoms with E-state index in [9.17, 15) is 10.1 Å². The highest BCUT2D eigenvalue weighted by molar-refractivity contribution is 5.95. The van der Waals surface area contributed by atoms with Crippen LogP contribution in [0.5, 0.6) is 5.75 Å². The number of amides is 1. The van der Waals surface area contributed by atoms with Crippen molar-refractivity contribution < 1.29 is 9.53 Å². The minimum atomic E-state index is 0.0305. The van der Waals surface area contributed by atoms with Crippen LogP contribution in [0.3, 0.4) is 0 Å². The minimum absolute atomic E-state index is 0.0305. The van der Waals surface area contributed by atoms with Gasteiger partial charge in [-0.25, -0.2) is 0 Å². The van der Waals surface area contributed by atoms with Crippen LogP contribution in [0.2, 0.25) is 0 Å². The number of hydrogen-bond acceptors (Lipinski definition) is 6. The van der Waals surface area contributed by atoms with Gasteiger partial charge >= 0.3 is 0 Å². The predicted octanol–water partition coefficient (Wildman–Crippen LogP) is 3.72. The third-order valence-corrected chi connectivity index (χ3v) is 7.31. The second-order valence-electron chi connectivity index (χ2n) is 9.87. The lowest BCUT2D eigenvalue weighted by Gasteiger charge is -2.37. The summed E-state index contributed by atoms with van der Waals surface area (Å²) in [6, 6.07) is 10.5. The number of anilines is 1. The molecule has 0 bridgehead atoms. The number of methoxy groups -OCH3 is 1. The van der Waals surface area contributed by atoms with Crippen molar-refractivity contribution in [2.45, 2.75) is 33.4 Å². The van der Waals surface area contributed by atoms with Crippen LogP contribution in [0.25, 0.3) is 21.8 Å². The van der Waals surface area contributed by atoms with Crippen LogP contribution >= 0.6 is 0 Å². The van der Waals surface area contributed by atoms with Crippen LogP contribution in [0.4, 0.5) is 5.69 Å². The van der Waals surface area contributed by atoms with E-state index < -0.39 is 0 Å². The van der Waals surface area contributed by atoms with Crippen LogP contribution in [-0.4, -0.2) is 76.3 Å². The van der Waals surface area contributed by atoms with E-state index in [1.807, 2.05) is 34.1 Å². The summed E-state index contributed by atoms with van der Waals surface area (Å²) in [5, 5.41) is 19.8. The molecular formula is C28H33N7O2. The highest BCUT2D eigenvalue weighted by atomic mass is 16.5. The number of ether oxygens (including phenoxy) is 1. The van der Waals surface area contributed by atoms with Crippen molar-refractivity contribution in [3.05, 3.63) is 53.3 Å². The van der Waals surface area contributed by atoms with E-state index in [0.717, 1.165) is 46.3 Å². The summed E-state index contributed by atoms with van der Waals surface area (Å²) in [4.78, 5) is 20.5. The van der Waals surface area contributed by atoms with Crippen LogP contribution in [-0.2, 0) is 11.3 Å². The maximum atomic E-state index is 12.9. The number of nitriles is 1.